The molecule has 0 saturated carbocycles. The van der Waals surface area contributed by atoms with Crippen LogP contribution in [0.25, 0.3) is 0 Å². The van der Waals surface area contributed by atoms with Crippen LogP contribution < -0.4 is 15.1 Å². The summed E-state index contributed by atoms with van der Waals surface area (Å²) in [5.74, 6) is -0.177. The molecule has 7 heteroatoms. The fourth-order valence-corrected chi connectivity index (χ4v) is 2.77. The fraction of sp³-hybridized carbons (Fsp3) is 0.462. The number of nitrogens with zero attached hydrogens (tertiary/aromatic N) is 2. The number of hydrogen-bond donors (Lipinski definition) is 1. The maximum Gasteiger partial charge on any atom is 0.416 e. The number of anilines is 2. The molecule has 0 unspecified atom stereocenters. The number of likely N-dealkylation sites (N-methyl/N-ethyl adjacent to an activating group) is 1. The first-order valence-electron chi connectivity index (χ1n) is 6.36. The number of piperazine rings is 1. The molecule has 0 aliphatic carbocycles. The number of benzene rings is 1. The van der Waals surface area contributed by atoms with Crippen molar-refractivity contribution < 1.29 is 18.0 Å². The first-order chi connectivity index (χ1) is 9.39. The van der Waals surface area contributed by atoms with Crippen molar-refractivity contribution in [3.8, 4) is 0 Å². The summed E-state index contributed by atoms with van der Waals surface area (Å²) in [5.41, 5.74) is 0.277. The highest BCUT2D eigenvalue weighted by Crippen LogP contribution is 2.40. The lowest BCUT2D eigenvalue weighted by molar-refractivity contribution is -0.137. The number of rotatable bonds is 0. The topological polar surface area (TPSA) is 35.6 Å². The van der Waals surface area contributed by atoms with Gasteiger partial charge >= 0.3 is 6.18 Å². The minimum atomic E-state index is -4.40. The van der Waals surface area contributed by atoms with Crippen LogP contribution in [-0.2, 0) is 11.0 Å². The summed E-state index contributed by atoms with van der Waals surface area (Å²) in [7, 11) is 1.52. The van der Waals surface area contributed by atoms with Gasteiger partial charge in [0.2, 0.25) is 0 Å². The van der Waals surface area contributed by atoms with Gasteiger partial charge in [0, 0.05) is 26.7 Å². The van der Waals surface area contributed by atoms with Gasteiger partial charge in [0.15, 0.2) is 0 Å². The van der Waals surface area contributed by atoms with Gasteiger partial charge in [0.1, 0.15) is 6.04 Å². The molecule has 0 aromatic heterocycles. The van der Waals surface area contributed by atoms with E-state index in [0.29, 0.717) is 31.0 Å². The second-order valence-electron chi connectivity index (χ2n) is 5.01. The number of amides is 1. The van der Waals surface area contributed by atoms with E-state index in [1.54, 1.807) is 0 Å². The molecule has 0 radical (unpaired) electrons. The van der Waals surface area contributed by atoms with Crippen LogP contribution in [0, 0.1) is 0 Å². The molecule has 1 saturated heterocycles. The average molecular weight is 285 g/mol. The Kier molecular flexibility index (Phi) is 2.89. The molecule has 1 amide bonds. The van der Waals surface area contributed by atoms with Crippen LogP contribution in [0.4, 0.5) is 24.5 Å². The number of halogens is 3. The van der Waals surface area contributed by atoms with E-state index < -0.39 is 11.7 Å². The smallest absolute Gasteiger partial charge is 0.355 e. The molecule has 1 fully saturated rings. The van der Waals surface area contributed by atoms with Gasteiger partial charge in [-0.15, -0.1) is 0 Å². The Balaban J connectivity index is 2.09. The minimum absolute atomic E-state index is 0.177. The molecule has 0 bridgehead atoms. The lowest BCUT2D eigenvalue weighted by Crippen LogP contribution is -2.61. The highest BCUT2D eigenvalue weighted by Gasteiger charge is 2.39. The van der Waals surface area contributed by atoms with Crippen molar-refractivity contribution in [1.82, 2.24) is 5.32 Å². The van der Waals surface area contributed by atoms with Gasteiger partial charge in [-0.05, 0) is 18.2 Å². The first-order valence-corrected chi connectivity index (χ1v) is 6.36. The first kappa shape index (κ1) is 13.2. The van der Waals surface area contributed by atoms with Crippen molar-refractivity contribution in [3.05, 3.63) is 23.8 Å². The van der Waals surface area contributed by atoms with E-state index in [-0.39, 0.29) is 11.9 Å². The second kappa shape index (κ2) is 4.37. The Hall–Kier alpha value is -1.76. The van der Waals surface area contributed by atoms with E-state index in [4.69, 9.17) is 0 Å². The van der Waals surface area contributed by atoms with Gasteiger partial charge in [-0.25, -0.2) is 0 Å². The van der Waals surface area contributed by atoms with Crippen molar-refractivity contribution in [2.45, 2.75) is 12.2 Å². The highest BCUT2D eigenvalue weighted by atomic mass is 19.4. The Labute approximate surface area is 114 Å². The molecular weight excluding hydrogens is 271 g/mol. The SMILES string of the molecule is CN1C(=O)[C@@H]2CNCCN2c2ccc(C(F)(F)F)cc21. The molecule has 2 heterocycles. The third-order valence-electron chi connectivity index (χ3n) is 3.83. The third-order valence-corrected chi connectivity index (χ3v) is 3.83. The average Bonchev–Trinajstić information content (AvgIpc) is 2.43. The number of hydrogen-bond acceptors (Lipinski definition) is 3. The minimum Gasteiger partial charge on any atom is -0.355 e. The molecule has 1 atom stereocenters. The molecule has 108 valence electrons. The number of carbonyl (C=O) groups is 1. The number of fused-ring (bicyclic) bond motifs is 3. The highest BCUT2D eigenvalue weighted by molar-refractivity contribution is 6.05. The van der Waals surface area contributed by atoms with E-state index >= 15 is 0 Å². The van der Waals surface area contributed by atoms with E-state index in [0.717, 1.165) is 12.1 Å². The summed E-state index contributed by atoms with van der Waals surface area (Å²) < 4.78 is 38.4. The van der Waals surface area contributed by atoms with Gasteiger partial charge in [0.05, 0.1) is 16.9 Å². The number of nitrogens with one attached hydrogen (secondary N) is 1. The van der Waals surface area contributed by atoms with Crippen molar-refractivity contribution in [2.24, 2.45) is 0 Å². The van der Waals surface area contributed by atoms with E-state index in [1.165, 1.54) is 18.0 Å². The van der Waals surface area contributed by atoms with Crippen LogP contribution >= 0.6 is 0 Å². The molecule has 2 aliphatic rings. The largest absolute Gasteiger partial charge is 0.416 e. The standard InChI is InChI=1S/C13H14F3N3O/c1-18-10-6-8(13(14,15)16)2-3-9(10)19-5-4-17-7-11(19)12(18)20/h2-3,6,11,17H,4-5,7H2,1H3/t11-/m0/s1. The molecule has 1 aromatic rings. The van der Waals surface area contributed by atoms with Crippen LogP contribution in [0.2, 0.25) is 0 Å². The zero-order chi connectivity index (χ0) is 14.5. The van der Waals surface area contributed by atoms with E-state index in [1.807, 2.05) is 4.90 Å². The summed E-state index contributed by atoms with van der Waals surface area (Å²) in [5, 5.41) is 3.13. The van der Waals surface area contributed by atoms with E-state index in [2.05, 4.69) is 5.32 Å². The van der Waals surface area contributed by atoms with Crippen LogP contribution in [0.1, 0.15) is 5.56 Å². The summed E-state index contributed by atoms with van der Waals surface area (Å²) in [6.07, 6.45) is -4.40. The number of alkyl halides is 3. The van der Waals surface area contributed by atoms with Crippen LogP contribution in [0.3, 0.4) is 0 Å². The van der Waals surface area contributed by atoms with Gasteiger partial charge in [-0.2, -0.15) is 13.2 Å². The molecule has 0 spiro atoms. The lowest BCUT2D eigenvalue weighted by atomic mass is 10.0. The number of carbonyl (C=O) groups excluding carboxylic acids is 1. The monoisotopic (exact) mass is 285 g/mol. The molecule has 20 heavy (non-hydrogen) atoms. The van der Waals surface area contributed by atoms with Crippen LogP contribution in [-0.4, -0.2) is 38.6 Å². The van der Waals surface area contributed by atoms with Crippen molar-refractivity contribution in [3.63, 3.8) is 0 Å². The van der Waals surface area contributed by atoms with Crippen LogP contribution in [0.5, 0.6) is 0 Å². The van der Waals surface area contributed by atoms with Crippen molar-refractivity contribution in [1.29, 1.82) is 0 Å². The van der Waals surface area contributed by atoms with Gasteiger partial charge in [-0.1, -0.05) is 0 Å². The Bertz CT molecular complexity index is 558. The summed E-state index contributed by atoms with van der Waals surface area (Å²) in [6.45, 7) is 1.85. The maximum absolute atomic E-state index is 12.8. The van der Waals surface area contributed by atoms with Crippen molar-refractivity contribution >= 4 is 17.3 Å². The quantitative estimate of drug-likeness (QED) is 0.784. The lowest BCUT2D eigenvalue weighted by Gasteiger charge is -2.44. The Morgan fingerprint density at radius 2 is 2.05 bits per heavy atom. The maximum atomic E-state index is 12.8. The third kappa shape index (κ3) is 1.93. The normalized spacial score (nSPS) is 22.6. The predicted molar refractivity (Wildman–Crippen MR) is 68.9 cm³/mol. The molecule has 3 rings (SSSR count). The van der Waals surface area contributed by atoms with Gasteiger partial charge in [0.25, 0.3) is 5.91 Å². The fourth-order valence-electron chi connectivity index (χ4n) is 2.77. The molecule has 1 aromatic carbocycles. The van der Waals surface area contributed by atoms with E-state index in [9.17, 15) is 18.0 Å². The summed E-state index contributed by atoms with van der Waals surface area (Å²) >= 11 is 0. The predicted octanol–water partition coefficient (Wildman–Crippen LogP) is 1.46. The second-order valence-corrected chi connectivity index (χ2v) is 5.01. The zero-order valence-corrected chi connectivity index (χ0v) is 10.9. The summed E-state index contributed by atoms with van der Waals surface area (Å²) in [6, 6.07) is 3.24. The van der Waals surface area contributed by atoms with Crippen LogP contribution in [0.15, 0.2) is 18.2 Å². The van der Waals surface area contributed by atoms with Crippen molar-refractivity contribution in [2.75, 3.05) is 36.5 Å². The molecular formula is C13H14F3N3O. The molecule has 1 N–H and O–H groups in total. The van der Waals surface area contributed by atoms with Gasteiger partial charge in [-0.3, -0.25) is 4.79 Å². The Morgan fingerprint density at radius 1 is 1.30 bits per heavy atom. The molecule has 2 aliphatic heterocycles. The van der Waals surface area contributed by atoms with Gasteiger partial charge < -0.3 is 15.1 Å². The zero-order valence-electron chi connectivity index (χ0n) is 10.9. The molecule has 4 nitrogen and oxygen atoms in total. The Morgan fingerprint density at radius 3 is 2.75 bits per heavy atom. The summed E-state index contributed by atoms with van der Waals surface area (Å²) in [4.78, 5) is 15.4.